The predicted octanol–water partition coefficient (Wildman–Crippen LogP) is 9.30. The van der Waals surface area contributed by atoms with E-state index in [-0.39, 0.29) is 185 Å². The number of likely N-dealkylation sites (N-methyl/N-ethyl adjacent to an activating group) is 3. The van der Waals surface area contributed by atoms with Gasteiger partial charge in [0.15, 0.2) is 17.7 Å². The van der Waals surface area contributed by atoms with E-state index in [4.69, 9.17) is 34.2 Å². The number of aromatic nitrogens is 1. The number of likely N-dealkylation sites (tertiary alicyclic amines) is 2. The second kappa shape index (κ2) is 58.7. The first kappa shape index (κ1) is 110. The highest BCUT2D eigenvalue weighted by atomic mass is 32.1. The van der Waals surface area contributed by atoms with E-state index >= 15 is 0 Å². The molecule has 3 saturated heterocycles. The molecule has 1 unspecified atom stereocenters. The molecule has 0 radical (unpaired) electrons. The Balaban J connectivity index is 0.000000519. The smallest absolute Gasteiger partial charge is 0.410 e. The highest BCUT2D eigenvalue weighted by molar-refractivity contribution is 7.09. The van der Waals surface area contributed by atoms with Crippen molar-refractivity contribution in [3.63, 3.8) is 0 Å². The normalized spacial score (nSPS) is 16.8. The van der Waals surface area contributed by atoms with Gasteiger partial charge in [0.05, 0.1) is 88.5 Å². The van der Waals surface area contributed by atoms with Crippen LogP contribution in [-0.2, 0) is 87.6 Å². The van der Waals surface area contributed by atoms with Crippen molar-refractivity contribution >= 4 is 93.8 Å². The van der Waals surface area contributed by atoms with E-state index in [0.29, 0.717) is 104 Å². The summed E-state index contributed by atoms with van der Waals surface area (Å²) in [6, 6.07) is 14.1. The number of Topliss-reactive ketones (excluding diaryl/α,β-unsaturated/α-hetero) is 3. The van der Waals surface area contributed by atoms with E-state index in [9.17, 15) is 67.4 Å². The molecule has 1 aromatic heterocycles. The summed E-state index contributed by atoms with van der Waals surface area (Å²) in [4.78, 5) is 184. The lowest BCUT2D eigenvalue weighted by Gasteiger charge is -2.41. The summed E-state index contributed by atoms with van der Waals surface area (Å²) in [7, 11) is 6.74. The summed E-state index contributed by atoms with van der Waals surface area (Å²) < 4.78 is 33.6. The fraction of sp³-hybridized carbons (Fsp3) is 0.699. The molecule has 12 atom stereocenters. The number of aliphatic hydroxyl groups is 1. The number of anilines is 1. The Morgan fingerprint density at radius 1 is 0.675 bits per heavy atom. The average Bonchev–Trinajstić information content (AvgIpc) is 1.52. The number of urea groups is 1. The number of rotatable bonds is 54. The molecule has 7 N–H and O–H groups in total. The minimum Gasteiger partial charge on any atom is -0.436 e. The van der Waals surface area contributed by atoms with E-state index in [1.807, 2.05) is 112 Å². The minimum absolute atomic E-state index is 0.0212. The zero-order chi connectivity index (χ0) is 93.7. The summed E-state index contributed by atoms with van der Waals surface area (Å²) in [6.45, 7) is 32.8. The summed E-state index contributed by atoms with van der Waals surface area (Å²) in [5, 5.41) is 24.5. The third-order valence-corrected chi connectivity index (χ3v) is 24.1. The second-order valence-corrected chi connectivity index (χ2v) is 36.0. The first-order chi connectivity index (χ1) is 59.8. The van der Waals surface area contributed by atoms with Gasteiger partial charge in [0.1, 0.15) is 5.78 Å². The molecule has 4 heterocycles. The van der Waals surface area contributed by atoms with Gasteiger partial charge in [-0.05, 0) is 100 Å². The van der Waals surface area contributed by atoms with Crippen LogP contribution >= 0.6 is 11.3 Å². The van der Waals surface area contributed by atoms with Gasteiger partial charge in [0.25, 0.3) is 5.91 Å². The number of carbonyl (C=O) groups excluding carboxylic acids is 13. The van der Waals surface area contributed by atoms with Crippen LogP contribution in [0.5, 0.6) is 0 Å². The van der Waals surface area contributed by atoms with Gasteiger partial charge >= 0.3 is 12.1 Å². The van der Waals surface area contributed by atoms with Crippen molar-refractivity contribution in [1.82, 2.24) is 50.3 Å². The molecule has 11 amide bonds. The Hall–Kier alpha value is -8.70. The quantitative estimate of drug-likeness (QED) is 0.0226. The number of primary amides is 1. The van der Waals surface area contributed by atoms with Crippen LogP contribution in [0.3, 0.4) is 0 Å². The molecule has 3 aliphatic heterocycles. The molecular weight excluding hydrogens is 1640 g/mol. The number of hydrogen-bond donors (Lipinski definition) is 6. The van der Waals surface area contributed by atoms with Gasteiger partial charge in [-0.1, -0.05) is 138 Å². The van der Waals surface area contributed by atoms with Gasteiger partial charge < -0.3 is 85.0 Å². The number of aryl methyl sites for hydroxylation is 1. The fourth-order valence-electron chi connectivity index (χ4n) is 15.7. The van der Waals surface area contributed by atoms with Gasteiger partial charge in [-0.3, -0.25) is 57.6 Å². The monoisotopic (exact) mass is 1790 g/mol. The van der Waals surface area contributed by atoms with Crippen LogP contribution < -0.4 is 27.0 Å². The first-order valence-electron chi connectivity index (χ1n) is 45.1. The molecule has 0 bridgehead atoms. The van der Waals surface area contributed by atoms with Crippen molar-refractivity contribution in [2.24, 2.45) is 59.0 Å². The fourth-order valence-corrected chi connectivity index (χ4v) is 16.5. The Morgan fingerprint density at radius 3 is 1.83 bits per heavy atom. The van der Waals surface area contributed by atoms with Crippen molar-refractivity contribution in [2.45, 2.75) is 229 Å². The van der Waals surface area contributed by atoms with E-state index in [0.717, 1.165) is 46.5 Å². The predicted molar refractivity (Wildman–Crippen MR) is 483 cm³/mol. The highest BCUT2D eigenvalue weighted by Crippen LogP contribution is 2.36. The number of thiazole rings is 1. The minimum atomic E-state index is -1.03. The molecule has 3 aliphatic rings. The number of benzene rings is 2. The lowest BCUT2D eigenvalue weighted by atomic mass is 9.80. The number of nitrogens with zero attached hydrogens (tertiary/aromatic N) is 7. The maximum Gasteiger partial charge on any atom is 0.410 e. The molecule has 708 valence electrons. The number of ketones is 3. The summed E-state index contributed by atoms with van der Waals surface area (Å²) >= 11 is 1.53. The first-order valence-corrected chi connectivity index (χ1v) is 46.0. The molecule has 33 heteroatoms. The van der Waals surface area contributed by atoms with E-state index in [1.54, 1.807) is 54.1 Å². The molecule has 3 aromatic rings. The third-order valence-electron chi connectivity index (χ3n) is 23.2. The zero-order valence-electron chi connectivity index (χ0n) is 78.3. The van der Waals surface area contributed by atoms with Crippen LogP contribution in [0.1, 0.15) is 196 Å². The van der Waals surface area contributed by atoms with Crippen molar-refractivity contribution in [3.05, 3.63) is 82.3 Å². The maximum atomic E-state index is 14.7. The number of nitrogens with one attached hydrogen (secondary N) is 4. The summed E-state index contributed by atoms with van der Waals surface area (Å²) in [6.07, 6.45) is 3.30. The average molecular weight is 1790 g/mol. The van der Waals surface area contributed by atoms with E-state index < -0.39 is 66.1 Å². The lowest BCUT2D eigenvalue weighted by molar-refractivity contribution is -0.148. The Morgan fingerprint density at radius 2 is 1.28 bits per heavy atom. The standard InChI is InChI=1S/C52H82N6O9S.C37H58N6O11.C4H10/c1-13-35(6)48(55(10)51(64)40(33(2)3)30-44(61)47(34(4)5)56(11)52(65)67-37(8)50(63)57-25-23-54(9)24-26-57)45(66-12)31-46(62)58-22-17-20-42(58)41(32-59)36(7)43(60)29-39(49-53-21-27-68-49)28-38-18-15-14-16-19-38;1-26(2)35(30(44)25-28(5-4-14-40-37(38)50)36(49)41-29-8-6-27(3)7-9-29)42-32(46)13-17-51-19-21-53-23-24-54-22-20-52-18-15-39-31(45)12-16-43-33(47)10-11-34(43)48;1-4(2)3/h14-16,18-19,21,27,33-37,39-42,45,47-48,59H,13,17,20,22-26,28-32H2,1-12H3;6-9,26,28,35H,4-5,10-25H2,1-3H3,(H,39,45)(H,41,49)(H,42,46)(H3,38,40,50);4H,1-3H3/t35-,36+,37?,39+,40-,41+,42-,45+,47-,48-;28-,35+;/m01./s1. The molecule has 0 spiro atoms. The van der Waals surface area contributed by atoms with Crippen LogP contribution in [0.2, 0.25) is 0 Å². The molecule has 0 saturated carbocycles. The number of carbonyl (C=O) groups is 13. The van der Waals surface area contributed by atoms with E-state index in [2.05, 4.69) is 64.1 Å². The van der Waals surface area contributed by atoms with Gasteiger partial charge in [-0.15, -0.1) is 11.3 Å². The van der Waals surface area contributed by atoms with Crippen molar-refractivity contribution < 1.29 is 95.9 Å². The van der Waals surface area contributed by atoms with Gasteiger partial charge in [-0.25, -0.2) is 14.6 Å². The highest BCUT2D eigenvalue weighted by Gasteiger charge is 2.45. The zero-order valence-corrected chi connectivity index (χ0v) is 79.1. The number of nitrogens with two attached hydrogens (primary N) is 1. The SMILES string of the molecule is CC(C)C.CC[C@H](C)[C@@H]([C@@H](CC(=O)N1CCC[C@H]1[C@H](CO)[C@@H](C)C(=O)C[C@@H](Cc1ccccc1)c1nccs1)OC)N(C)C(=O)[C@@H](CC(=O)[C@H](C(C)C)N(C)C(=O)OC(C)C(=O)N1CCN(C)CC1)C(C)C.Cc1ccc(NC(=O)[C@H](CCCNC(N)=O)CC(=O)[C@@H](NC(=O)CCOCCOCCOCCOCCNC(=O)CCN2C(=O)CCC2=O)C(C)C)cc1. The molecule has 32 nitrogen and oxygen atoms in total. The molecule has 0 aliphatic carbocycles. The van der Waals surface area contributed by atoms with Crippen LogP contribution in [0.15, 0.2) is 66.2 Å². The van der Waals surface area contributed by atoms with Gasteiger partial charge in [-0.2, -0.15) is 0 Å². The van der Waals surface area contributed by atoms with Crippen LogP contribution in [-0.4, -0.2) is 293 Å². The molecule has 3 fully saturated rings. The van der Waals surface area contributed by atoms with Crippen molar-refractivity contribution in [3.8, 4) is 0 Å². The second-order valence-electron chi connectivity index (χ2n) is 35.1. The van der Waals surface area contributed by atoms with Crippen LogP contribution in [0.25, 0.3) is 0 Å². The van der Waals surface area contributed by atoms with E-state index in [1.165, 1.54) is 23.3 Å². The topological polar surface area (TPSA) is 404 Å². The number of ether oxygens (including phenoxy) is 6. The number of methoxy groups -OCH3 is 1. The lowest BCUT2D eigenvalue weighted by Crippen LogP contribution is -2.54. The van der Waals surface area contributed by atoms with Crippen LogP contribution in [0, 0.1) is 60.2 Å². The number of amides is 11. The van der Waals surface area contributed by atoms with Gasteiger partial charge in [0, 0.05) is 178 Å². The molecular formula is C93H150N12O20S. The maximum absolute atomic E-state index is 14.7. The number of aliphatic hydroxyl groups excluding tert-OH is 1. The molecule has 126 heavy (non-hydrogen) atoms. The van der Waals surface area contributed by atoms with Crippen LogP contribution in [0.4, 0.5) is 15.3 Å². The Kier molecular flexibility index (Phi) is 51.1. The summed E-state index contributed by atoms with van der Waals surface area (Å²) in [5.41, 5.74) is 7.91. The number of piperazine rings is 1. The Bertz CT molecular complexity index is 3790. The third kappa shape index (κ3) is 38.7. The number of imide groups is 1. The van der Waals surface area contributed by atoms with Crippen molar-refractivity contribution in [2.75, 3.05) is 145 Å². The Labute approximate surface area is 752 Å². The summed E-state index contributed by atoms with van der Waals surface area (Å²) in [5.74, 6) is -5.20. The molecule has 6 rings (SSSR count). The number of hydrogen-bond acceptors (Lipinski definition) is 23. The van der Waals surface area contributed by atoms with Crippen molar-refractivity contribution in [1.29, 1.82) is 0 Å². The largest absolute Gasteiger partial charge is 0.436 e. The van der Waals surface area contributed by atoms with Gasteiger partial charge in [0.2, 0.25) is 41.4 Å². The molecule has 2 aromatic carbocycles.